The zero-order valence-corrected chi connectivity index (χ0v) is 11.1. The highest BCUT2D eigenvalue weighted by Crippen LogP contribution is 2.29. The van der Waals surface area contributed by atoms with E-state index in [1.54, 1.807) is 4.90 Å². The lowest BCUT2D eigenvalue weighted by molar-refractivity contribution is -0.129. The molecule has 0 aliphatic heterocycles. The minimum Gasteiger partial charge on any atom is -0.345 e. The minimum atomic E-state index is 0.202. The summed E-state index contributed by atoms with van der Waals surface area (Å²) in [5.74, 6) is 1.67. The summed E-state index contributed by atoms with van der Waals surface area (Å²) < 4.78 is 0. The Kier molecular flexibility index (Phi) is 5.26. The molecule has 1 aliphatic carbocycles. The molecule has 3 nitrogen and oxygen atoms in total. The van der Waals surface area contributed by atoms with E-state index >= 15 is 0 Å². The minimum absolute atomic E-state index is 0.202. The topological polar surface area (TPSA) is 32.3 Å². The van der Waals surface area contributed by atoms with Gasteiger partial charge in [0.05, 0.1) is 6.54 Å². The normalized spacial score (nSPS) is 30.1. The molecule has 1 aliphatic rings. The van der Waals surface area contributed by atoms with E-state index in [1.165, 1.54) is 19.3 Å². The van der Waals surface area contributed by atoms with E-state index < -0.39 is 0 Å². The summed E-state index contributed by atoms with van der Waals surface area (Å²) in [6.45, 7) is 7.90. The van der Waals surface area contributed by atoms with Crippen molar-refractivity contribution in [3.8, 4) is 0 Å². The number of carbonyl (C=O) groups is 1. The lowest BCUT2D eigenvalue weighted by Gasteiger charge is -2.34. The predicted octanol–water partition coefficient (Wildman–Crippen LogP) is 1.88. The van der Waals surface area contributed by atoms with Crippen LogP contribution in [0.1, 0.15) is 40.0 Å². The third-order valence-electron chi connectivity index (χ3n) is 4.12. The largest absolute Gasteiger partial charge is 0.345 e. The molecule has 0 aromatic carbocycles. The van der Waals surface area contributed by atoms with Gasteiger partial charge in [0.15, 0.2) is 0 Å². The van der Waals surface area contributed by atoms with E-state index in [2.05, 4.69) is 19.2 Å². The average Bonchev–Trinajstić information content (AvgIpc) is 2.29. The summed E-state index contributed by atoms with van der Waals surface area (Å²) in [7, 11) is 1.86. The number of nitrogens with one attached hydrogen (secondary N) is 1. The zero-order chi connectivity index (χ0) is 12.1. The van der Waals surface area contributed by atoms with Crippen LogP contribution in [-0.2, 0) is 4.79 Å². The van der Waals surface area contributed by atoms with Gasteiger partial charge in [0.1, 0.15) is 0 Å². The summed E-state index contributed by atoms with van der Waals surface area (Å²) in [6, 6.07) is 0.526. The van der Waals surface area contributed by atoms with Gasteiger partial charge < -0.3 is 10.2 Å². The highest BCUT2D eigenvalue weighted by Gasteiger charge is 2.27. The molecule has 1 fully saturated rings. The van der Waals surface area contributed by atoms with Crippen molar-refractivity contribution >= 4 is 5.91 Å². The van der Waals surface area contributed by atoms with E-state index in [-0.39, 0.29) is 5.91 Å². The molecule has 94 valence electrons. The highest BCUT2D eigenvalue weighted by atomic mass is 16.2. The number of rotatable bonds is 4. The van der Waals surface area contributed by atoms with Crippen molar-refractivity contribution in [2.24, 2.45) is 11.8 Å². The molecule has 1 saturated carbocycles. The standard InChI is InChI=1S/C13H26N2O/c1-5-15(4)13(16)9-14-12-8-6-7-10(2)11(12)3/h10-12,14H,5-9H2,1-4H3. The van der Waals surface area contributed by atoms with Crippen LogP contribution in [0.5, 0.6) is 0 Å². The van der Waals surface area contributed by atoms with Crippen LogP contribution in [0.3, 0.4) is 0 Å². The SMILES string of the molecule is CCN(C)C(=O)CNC1CCCC(C)C1C. The van der Waals surface area contributed by atoms with Crippen molar-refractivity contribution in [2.45, 2.75) is 46.1 Å². The van der Waals surface area contributed by atoms with Crippen LogP contribution in [0, 0.1) is 11.8 Å². The number of nitrogens with zero attached hydrogens (tertiary/aromatic N) is 1. The van der Waals surface area contributed by atoms with Crippen LogP contribution in [0.4, 0.5) is 0 Å². The first-order valence-corrected chi connectivity index (χ1v) is 6.53. The van der Waals surface area contributed by atoms with Crippen molar-refractivity contribution in [3.05, 3.63) is 0 Å². The Labute approximate surface area is 99.6 Å². The maximum Gasteiger partial charge on any atom is 0.236 e. The first-order valence-electron chi connectivity index (χ1n) is 6.53. The van der Waals surface area contributed by atoms with Gasteiger partial charge in [-0.1, -0.05) is 26.7 Å². The molecule has 3 unspecified atom stereocenters. The fraction of sp³-hybridized carbons (Fsp3) is 0.923. The van der Waals surface area contributed by atoms with E-state index in [0.29, 0.717) is 18.5 Å². The molecule has 0 aromatic rings. The summed E-state index contributed by atoms with van der Waals surface area (Å²) >= 11 is 0. The van der Waals surface area contributed by atoms with Gasteiger partial charge in [-0.25, -0.2) is 0 Å². The molecule has 1 rings (SSSR count). The van der Waals surface area contributed by atoms with Gasteiger partial charge in [0.25, 0.3) is 0 Å². The molecular weight excluding hydrogens is 200 g/mol. The maximum absolute atomic E-state index is 11.7. The van der Waals surface area contributed by atoms with Gasteiger partial charge in [0, 0.05) is 19.6 Å². The van der Waals surface area contributed by atoms with Gasteiger partial charge in [-0.2, -0.15) is 0 Å². The van der Waals surface area contributed by atoms with Crippen LogP contribution >= 0.6 is 0 Å². The fourth-order valence-electron chi connectivity index (χ4n) is 2.40. The van der Waals surface area contributed by atoms with Crippen molar-refractivity contribution in [1.82, 2.24) is 10.2 Å². The van der Waals surface area contributed by atoms with Crippen molar-refractivity contribution < 1.29 is 4.79 Å². The van der Waals surface area contributed by atoms with Gasteiger partial charge in [0.2, 0.25) is 5.91 Å². The monoisotopic (exact) mass is 226 g/mol. The number of carbonyl (C=O) groups excluding carboxylic acids is 1. The molecule has 0 saturated heterocycles. The average molecular weight is 226 g/mol. The lowest BCUT2D eigenvalue weighted by atomic mass is 9.78. The van der Waals surface area contributed by atoms with Crippen LogP contribution in [0.25, 0.3) is 0 Å². The number of hydrogen-bond donors (Lipinski definition) is 1. The molecule has 0 bridgehead atoms. The molecular formula is C13H26N2O. The highest BCUT2D eigenvalue weighted by molar-refractivity contribution is 5.77. The molecule has 1 amide bonds. The quantitative estimate of drug-likeness (QED) is 0.794. The smallest absolute Gasteiger partial charge is 0.236 e. The Morgan fingerprint density at radius 3 is 2.69 bits per heavy atom. The molecule has 16 heavy (non-hydrogen) atoms. The van der Waals surface area contributed by atoms with Crippen molar-refractivity contribution in [3.63, 3.8) is 0 Å². The first-order chi connectivity index (χ1) is 7.56. The lowest BCUT2D eigenvalue weighted by Crippen LogP contribution is -2.45. The predicted molar refractivity (Wildman–Crippen MR) is 67.3 cm³/mol. The number of hydrogen-bond acceptors (Lipinski definition) is 2. The summed E-state index contributed by atoms with van der Waals surface area (Å²) in [4.78, 5) is 13.4. The third kappa shape index (κ3) is 3.48. The van der Waals surface area contributed by atoms with Crippen LogP contribution < -0.4 is 5.32 Å². The second-order valence-electron chi connectivity index (χ2n) is 5.16. The second-order valence-corrected chi connectivity index (χ2v) is 5.16. The molecule has 1 N–H and O–H groups in total. The maximum atomic E-state index is 11.7. The first kappa shape index (κ1) is 13.5. The molecule has 0 spiro atoms. The van der Waals surface area contributed by atoms with Crippen LogP contribution in [0.15, 0.2) is 0 Å². The Morgan fingerprint density at radius 2 is 2.06 bits per heavy atom. The van der Waals surface area contributed by atoms with Gasteiger partial charge in [-0.05, 0) is 25.2 Å². The Morgan fingerprint density at radius 1 is 1.38 bits per heavy atom. The third-order valence-corrected chi connectivity index (χ3v) is 4.12. The molecule has 3 atom stereocenters. The van der Waals surface area contributed by atoms with E-state index in [4.69, 9.17) is 0 Å². The van der Waals surface area contributed by atoms with Gasteiger partial charge in [-0.3, -0.25) is 4.79 Å². The van der Waals surface area contributed by atoms with E-state index in [1.807, 2.05) is 14.0 Å². The van der Waals surface area contributed by atoms with Gasteiger partial charge in [-0.15, -0.1) is 0 Å². The summed E-state index contributed by atoms with van der Waals surface area (Å²) in [5.41, 5.74) is 0. The van der Waals surface area contributed by atoms with Crippen LogP contribution in [-0.4, -0.2) is 37.0 Å². The number of likely N-dealkylation sites (N-methyl/N-ethyl adjacent to an activating group) is 1. The molecule has 0 aromatic heterocycles. The molecule has 0 radical (unpaired) electrons. The second kappa shape index (κ2) is 6.24. The Bertz CT molecular complexity index is 230. The van der Waals surface area contributed by atoms with E-state index in [9.17, 15) is 4.79 Å². The summed E-state index contributed by atoms with van der Waals surface area (Å²) in [6.07, 6.45) is 3.85. The molecule has 3 heteroatoms. The summed E-state index contributed by atoms with van der Waals surface area (Å²) in [5, 5.41) is 3.43. The van der Waals surface area contributed by atoms with E-state index in [0.717, 1.165) is 12.5 Å². The van der Waals surface area contributed by atoms with Crippen LogP contribution in [0.2, 0.25) is 0 Å². The van der Waals surface area contributed by atoms with Gasteiger partial charge >= 0.3 is 0 Å². The fourth-order valence-corrected chi connectivity index (χ4v) is 2.40. The number of amides is 1. The van der Waals surface area contributed by atoms with Crippen molar-refractivity contribution in [1.29, 1.82) is 0 Å². The Hall–Kier alpha value is -0.570. The zero-order valence-electron chi connectivity index (χ0n) is 11.1. The van der Waals surface area contributed by atoms with Crippen molar-refractivity contribution in [2.75, 3.05) is 20.1 Å². The molecule has 0 heterocycles. The Balaban J connectivity index is 2.34.